The Kier molecular flexibility index (Phi) is 2.31. The summed E-state index contributed by atoms with van der Waals surface area (Å²) in [5.74, 6) is -0.467. The van der Waals surface area contributed by atoms with Crippen molar-refractivity contribution in [2.45, 2.75) is 0 Å². The lowest BCUT2D eigenvalue weighted by Gasteiger charge is -2.18. The van der Waals surface area contributed by atoms with Crippen molar-refractivity contribution in [3.8, 4) is 0 Å². The summed E-state index contributed by atoms with van der Waals surface area (Å²) in [6, 6.07) is 8.32. The van der Waals surface area contributed by atoms with E-state index in [4.69, 9.17) is 11.6 Å². The zero-order valence-electron chi connectivity index (χ0n) is 9.88. The van der Waals surface area contributed by atoms with Crippen LogP contribution in [0.3, 0.4) is 0 Å². The maximum Gasteiger partial charge on any atom is 0.196 e. The molecule has 20 heavy (non-hydrogen) atoms. The summed E-state index contributed by atoms with van der Waals surface area (Å²) in [5.41, 5.74) is 2.26. The van der Waals surface area contributed by atoms with Crippen molar-refractivity contribution >= 4 is 45.9 Å². The highest BCUT2D eigenvalue weighted by atomic mass is 35.5. The quantitative estimate of drug-likeness (QED) is 0.500. The topological polar surface area (TPSA) is 59.9 Å². The molecule has 0 N–H and O–H groups in total. The Bertz CT molecular complexity index is 917. The van der Waals surface area contributed by atoms with Gasteiger partial charge < -0.3 is 0 Å². The fourth-order valence-corrected chi connectivity index (χ4v) is 3.30. The van der Waals surface area contributed by atoms with Gasteiger partial charge in [0.15, 0.2) is 11.6 Å². The highest BCUT2D eigenvalue weighted by molar-refractivity contribution is 7.00. The summed E-state index contributed by atoms with van der Waals surface area (Å²) in [7, 11) is 0. The first kappa shape index (κ1) is 11.7. The van der Waals surface area contributed by atoms with E-state index in [0.717, 1.165) is 11.7 Å². The molecule has 0 saturated carbocycles. The molecule has 4 nitrogen and oxygen atoms in total. The monoisotopic (exact) mass is 300 g/mol. The summed E-state index contributed by atoms with van der Waals surface area (Å²) in [6.07, 6.45) is 0. The van der Waals surface area contributed by atoms with Crippen LogP contribution in [-0.2, 0) is 0 Å². The zero-order chi connectivity index (χ0) is 13.9. The average molecular weight is 301 g/mol. The summed E-state index contributed by atoms with van der Waals surface area (Å²) >= 11 is 7.17. The first-order valence-corrected chi connectivity index (χ1v) is 6.92. The summed E-state index contributed by atoms with van der Waals surface area (Å²) < 4.78 is 8.22. The van der Waals surface area contributed by atoms with E-state index in [9.17, 15) is 9.59 Å². The molecule has 3 aromatic rings. The number of nitrogens with zero attached hydrogens (tertiary/aromatic N) is 2. The number of aromatic nitrogens is 2. The largest absolute Gasteiger partial charge is 0.289 e. The van der Waals surface area contributed by atoms with Gasteiger partial charge in [-0.2, -0.15) is 8.75 Å². The molecule has 0 unspecified atom stereocenters. The molecule has 0 radical (unpaired) electrons. The van der Waals surface area contributed by atoms with Crippen LogP contribution in [0.5, 0.6) is 0 Å². The maximum absolute atomic E-state index is 12.6. The molecule has 0 aliphatic heterocycles. The van der Waals surface area contributed by atoms with E-state index in [1.165, 1.54) is 0 Å². The van der Waals surface area contributed by atoms with Crippen molar-refractivity contribution in [2.75, 3.05) is 0 Å². The minimum Gasteiger partial charge on any atom is -0.289 e. The molecular weight excluding hydrogens is 296 g/mol. The molecule has 0 fully saturated rings. The van der Waals surface area contributed by atoms with E-state index in [1.807, 2.05) is 0 Å². The lowest BCUT2D eigenvalue weighted by Crippen LogP contribution is -2.21. The molecule has 0 bridgehead atoms. The van der Waals surface area contributed by atoms with Gasteiger partial charge in [-0.05, 0) is 6.07 Å². The van der Waals surface area contributed by atoms with Crippen LogP contribution in [0.4, 0.5) is 0 Å². The second-order valence-corrected chi connectivity index (χ2v) is 5.38. The lowest BCUT2D eigenvalue weighted by atomic mass is 9.83. The average Bonchev–Trinajstić information content (AvgIpc) is 2.91. The standard InChI is InChI=1S/C14H5ClN2O2S/c15-8-5-9-12(17-20-16-9)11-10(8)13(18)6-3-1-2-4-7(6)14(11)19/h1-5H. The number of halogens is 1. The van der Waals surface area contributed by atoms with Crippen LogP contribution in [-0.4, -0.2) is 20.3 Å². The van der Waals surface area contributed by atoms with Crippen LogP contribution in [0.1, 0.15) is 31.8 Å². The fraction of sp³-hybridized carbons (Fsp3) is 0. The summed E-state index contributed by atoms with van der Waals surface area (Å²) in [5, 5.41) is 0.244. The highest BCUT2D eigenvalue weighted by Crippen LogP contribution is 2.36. The van der Waals surface area contributed by atoms with Crippen molar-refractivity contribution in [2.24, 2.45) is 0 Å². The van der Waals surface area contributed by atoms with Gasteiger partial charge in [0.2, 0.25) is 0 Å². The second kappa shape index (κ2) is 3.94. The molecule has 1 heterocycles. The van der Waals surface area contributed by atoms with E-state index in [0.29, 0.717) is 22.2 Å². The van der Waals surface area contributed by atoms with Gasteiger partial charge in [0, 0.05) is 11.1 Å². The smallest absolute Gasteiger partial charge is 0.196 e. The summed E-state index contributed by atoms with van der Waals surface area (Å²) in [4.78, 5) is 25.2. The Balaban J connectivity index is 2.18. The lowest BCUT2D eigenvalue weighted by molar-refractivity contribution is 0.0980. The van der Waals surface area contributed by atoms with Crippen LogP contribution in [0.25, 0.3) is 11.0 Å². The van der Waals surface area contributed by atoms with Gasteiger partial charge in [-0.15, -0.1) is 0 Å². The van der Waals surface area contributed by atoms with Crippen molar-refractivity contribution in [1.82, 2.24) is 8.75 Å². The SMILES string of the molecule is O=C1c2ccccc2C(=O)c2c1c(Cl)cc1nsnc21. The number of benzene rings is 2. The molecular formula is C14H5ClN2O2S. The number of fused-ring (bicyclic) bond motifs is 4. The van der Waals surface area contributed by atoms with Gasteiger partial charge in [-0.25, -0.2) is 0 Å². The molecule has 6 heteroatoms. The molecule has 1 aliphatic rings. The van der Waals surface area contributed by atoms with Gasteiger partial charge in [0.05, 0.1) is 27.9 Å². The molecule has 0 amide bonds. The second-order valence-electron chi connectivity index (χ2n) is 4.44. The predicted molar refractivity (Wildman–Crippen MR) is 75.7 cm³/mol. The molecule has 96 valence electrons. The maximum atomic E-state index is 12.6. The zero-order valence-corrected chi connectivity index (χ0v) is 11.5. The van der Waals surface area contributed by atoms with Crippen LogP contribution in [0.15, 0.2) is 30.3 Å². The van der Waals surface area contributed by atoms with E-state index in [-0.39, 0.29) is 27.7 Å². The minimum absolute atomic E-state index is 0.226. The molecule has 2 aromatic carbocycles. The van der Waals surface area contributed by atoms with Gasteiger partial charge in [0.1, 0.15) is 11.0 Å². The number of carbonyl (C=O) groups excluding carboxylic acids is 2. The first-order valence-electron chi connectivity index (χ1n) is 5.81. The fourth-order valence-electron chi connectivity index (χ4n) is 2.49. The van der Waals surface area contributed by atoms with Gasteiger partial charge in [0.25, 0.3) is 0 Å². The first-order chi connectivity index (χ1) is 9.68. The van der Waals surface area contributed by atoms with Gasteiger partial charge in [-0.3, -0.25) is 9.59 Å². The summed E-state index contributed by atoms with van der Waals surface area (Å²) in [6.45, 7) is 0. The number of rotatable bonds is 0. The normalized spacial score (nSPS) is 13.4. The van der Waals surface area contributed by atoms with Gasteiger partial charge in [-0.1, -0.05) is 35.9 Å². The predicted octanol–water partition coefficient (Wildman–Crippen LogP) is 3.12. The van der Waals surface area contributed by atoms with Gasteiger partial charge >= 0.3 is 0 Å². The van der Waals surface area contributed by atoms with Crippen molar-refractivity contribution < 1.29 is 9.59 Å². The molecule has 0 spiro atoms. The third-order valence-electron chi connectivity index (χ3n) is 3.37. The van der Waals surface area contributed by atoms with E-state index in [2.05, 4.69) is 8.75 Å². The Morgan fingerprint density at radius 1 is 0.950 bits per heavy atom. The van der Waals surface area contributed by atoms with E-state index < -0.39 is 0 Å². The minimum atomic E-state index is -0.241. The molecule has 0 atom stereocenters. The highest BCUT2D eigenvalue weighted by Gasteiger charge is 2.34. The molecule has 1 aromatic heterocycles. The Morgan fingerprint density at radius 2 is 1.60 bits per heavy atom. The van der Waals surface area contributed by atoms with Crippen LogP contribution in [0, 0.1) is 0 Å². The Labute approximate surface area is 122 Å². The number of hydrogen-bond acceptors (Lipinski definition) is 5. The number of ketones is 2. The van der Waals surface area contributed by atoms with E-state index >= 15 is 0 Å². The Hall–Kier alpha value is -2.11. The van der Waals surface area contributed by atoms with Crippen LogP contribution >= 0.6 is 23.3 Å². The number of carbonyl (C=O) groups is 2. The molecule has 1 aliphatic carbocycles. The van der Waals surface area contributed by atoms with Crippen LogP contribution < -0.4 is 0 Å². The molecule has 0 saturated heterocycles. The van der Waals surface area contributed by atoms with Crippen molar-refractivity contribution in [3.63, 3.8) is 0 Å². The number of hydrogen-bond donors (Lipinski definition) is 0. The Morgan fingerprint density at radius 3 is 2.30 bits per heavy atom. The third kappa shape index (κ3) is 1.36. The van der Waals surface area contributed by atoms with Crippen molar-refractivity contribution in [3.05, 3.63) is 57.6 Å². The van der Waals surface area contributed by atoms with Crippen LogP contribution in [0.2, 0.25) is 5.02 Å². The van der Waals surface area contributed by atoms with E-state index in [1.54, 1.807) is 30.3 Å². The van der Waals surface area contributed by atoms with Crippen molar-refractivity contribution in [1.29, 1.82) is 0 Å². The molecule has 4 rings (SSSR count). The third-order valence-corrected chi connectivity index (χ3v) is 4.21.